The molecule has 5 nitrogen and oxygen atoms in total. The maximum Gasteiger partial charge on any atom is 0.274 e. The van der Waals surface area contributed by atoms with E-state index in [0.29, 0.717) is 11.8 Å². The first kappa shape index (κ1) is 15.4. The maximum absolute atomic E-state index is 12.3. The van der Waals surface area contributed by atoms with E-state index in [1.54, 1.807) is 11.3 Å². The standard InChI is InChI=1S/C19H23N3O2S/c23-18(13-6-7-13)22-9-2-5-15(11-22)24-19-20-16-8-10-21(12-17(16)25-19)14-3-1-4-14/h1,3-4,13,15H,2,5-12H2. The molecule has 1 aromatic heterocycles. The first-order valence-corrected chi connectivity index (χ1v) is 10.2. The van der Waals surface area contributed by atoms with Gasteiger partial charge in [-0.3, -0.25) is 4.79 Å². The van der Waals surface area contributed by atoms with Crippen LogP contribution in [0.3, 0.4) is 0 Å². The Hall–Kier alpha value is -1.82. The molecule has 2 aliphatic carbocycles. The number of piperidine rings is 1. The van der Waals surface area contributed by atoms with Crippen molar-refractivity contribution in [3.8, 4) is 5.19 Å². The minimum atomic E-state index is 0.0948. The van der Waals surface area contributed by atoms with Crippen molar-refractivity contribution in [1.82, 2.24) is 14.8 Å². The molecule has 132 valence electrons. The number of hydrogen-bond acceptors (Lipinski definition) is 5. The van der Waals surface area contributed by atoms with Crippen molar-refractivity contribution in [2.75, 3.05) is 19.6 Å². The molecule has 1 saturated heterocycles. The largest absolute Gasteiger partial charge is 0.465 e. The lowest BCUT2D eigenvalue weighted by Gasteiger charge is -2.32. The van der Waals surface area contributed by atoms with Crippen molar-refractivity contribution in [1.29, 1.82) is 0 Å². The molecule has 25 heavy (non-hydrogen) atoms. The van der Waals surface area contributed by atoms with Gasteiger partial charge in [0.25, 0.3) is 5.19 Å². The minimum absolute atomic E-state index is 0.0948. The Labute approximate surface area is 152 Å². The summed E-state index contributed by atoms with van der Waals surface area (Å²) in [5, 5.41) is 0.788. The van der Waals surface area contributed by atoms with Crippen LogP contribution in [0.2, 0.25) is 0 Å². The summed E-state index contributed by atoms with van der Waals surface area (Å²) in [5.41, 5.74) is 2.52. The van der Waals surface area contributed by atoms with Crippen molar-refractivity contribution in [3.63, 3.8) is 0 Å². The van der Waals surface area contributed by atoms with Crippen molar-refractivity contribution in [2.45, 2.75) is 44.8 Å². The summed E-state index contributed by atoms with van der Waals surface area (Å²) in [5.74, 6) is 0.635. The SMILES string of the molecule is O=C(C1CC1)N1CCCC(Oc2nc3c(s2)CN(C2=CC=C2)CC3)C1. The predicted molar refractivity (Wildman–Crippen MR) is 96.4 cm³/mol. The third kappa shape index (κ3) is 3.08. The van der Waals surface area contributed by atoms with Gasteiger partial charge in [0, 0.05) is 31.1 Å². The molecular weight excluding hydrogens is 334 g/mol. The number of carbonyl (C=O) groups is 1. The lowest BCUT2D eigenvalue weighted by Crippen LogP contribution is -2.45. The van der Waals surface area contributed by atoms with Crippen LogP contribution in [0.4, 0.5) is 0 Å². The molecule has 1 unspecified atom stereocenters. The third-order valence-corrected chi connectivity index (χ3v) is 6.47. The summed E-state index contributed by atoms with van der Waals surface area (Å²) < 4.78 is 6.19. The quantitative estimate of drug-likeness (QED) is 0.831. The number of allylic oxidation sites excluding steroid dienone is 3. The second-order valence-corrected chi connectivity index (χ2v) is 8.46. The van der Waals surface area contributed by atoms with E-state index in [1.165, 1.54) is 16.3 Å². The number of ether oxygens (including phenoxy) is 1. The second kappa shape index (κ2) is 6.16. The second-order valence-electron chi connectivity index (χ2n) is 7.41. The van der Waals surface area contributed by atoms with E-state index < -0.39 is 0 Å². The Morgan fingerprint density at radius 3 is 2.92 bits per heavy atom. The summed E-state index contributed by atoms with van der Waals surface area (Å²) in [6.45, 7) is 3.58. The number of hydrogen-bond donors (Lipinski definition) is 0. The van der Waals surface area contributed by atoms with E-state index in [2.05, 4.69) is 23.1 Å². The minimum Gasteiger partial charge on any atom is -0.465 e. The Kier molecular flexibility index (Phi) is 3.81. The molecular formula is C19H23N3O2S. The van der Waals surface area contributed by atoms with E-state index in [-0.39, 0.29) is 6.10 Å². The van der Waals surface area contributed by atoms with Crippen molar-refractivity contribution >= 4 is 17.2 Å². The van der Waals surface area contributed by atoms with Gasteiger partial charge in [0.15, 0.2) is 0 Å². The number of aromatic nitrogens is 1. The van der Waals surface area contributed by atoms with Gasteiger partial charge in [-0.1, -0.05) is 17.4 Å². The molecule has 2 fully saturated rings. The van der Waals surface area contributed by atoms with Crippen LogP contribution >= 0.6 is 11.3 Å². The van der Waals surface area contributed by atoms with Gasteiger partial charge in [-0.05, 0) is 37.8 Å². The van der Waals surface area contributed by atoms with Gasteiger partial charge < -0.3 is 14.5 Å². The number of carbonyl (C=O) groups excluding carboxylic acids is 1. The molecule has 1 saturated carbocycles. The monoisotopic (exact) mass is 357 g/mol. The lowest BCUT2D eigenvalue weighted by molar-refractivity contribution is -0.135. The topological polar surface area (TPSA) is 45.7 Å². The first-order chi connectivity index (χ1) is 12.3. The van der Waals surface area contributed by atoms with E-state index >= 15 is 0 Å². The van der Waals surface area contributed by atoms with E-state index in [1.807, 2.05) is 4.90 Å². The number of fused-ring (bicyclic) bond motifs is 1. The summed E-state index contributed by atoms with van der Waals surface area (Å²) in [7, 11) is 0. The zero-order valence-electron chi connectivity index (χ0n) is 14.3. The summed E-state index contributed by atoms with van der Waals surface area (Å²) in [6.07, 6.45) is 11.7. The molecule has 0 N–H and O–H groups in total. The highest BCUT2D eigenvalue weighted by Gasteiger charge is 2.36. The number of thiazole rings is 1. The highest BCUT2D eigenvalue weighted by Crippen LogP contribution is 2.35. The molecule has 0 radical (unpaired) electrons. The fraction of sp³-hybridized carbons (Fsp3) is 0.579. The molecule has 0 spiro atoms. The Balaban J connectivity index is 1.22. The Morgan fingerprint density at radius 2 is 2.16 bits per heavy atom. The third-order valence-electron chi connectivity index (χ3n) is 5.49. The van der Waals surface area contributed by atoms with Crippen LogP contribution in [0.1, 0.15) is 36.3 Å². The zero-order chi connectivity index (χ0) is 16.8. The molecule has 1 amide bonds. The highest BCUT2D eigenvalue weighted by molar-refractivity contribution is 7.13. The molecule has 6 heteroatoms. The molecule has 0 bridgehead atoms. The van der Waals surface area contributed by atoms with Gasteiger partial charge in [0.1, 0.15) is 6.10 Å². The average Bonchev–Trinajstić information content (AvgIpc) is 3.34. The average molecular weight is 357 g/mol. The number of likely N-dealkylation sites (tertiary alicyclic amines) is 1. The predicted octanol–water partition coefficient (Wildman–Crippen LogP) is 2.73. The van der Waals surface area contributed by atoms with Crippen LogP contribution in [0, 0.1) is 5.92 Å². The van der Waals surface area contributed by atoms with E-state index in [0.717, 1.165) is 63.5 Å². The van der Waals surface area contributed by atoms with Crippen LogP contribution in [0.25, 0.3) is 0 Å². The van der Waals surface area contributed by atoms with Crippen LogP contribution < -0.4 is 4.74 Å². The van der Waals surface area contributed by atoms with Crippen LogP contribution in [0.5, 0.6) is 5.19 Å². The van der Waals surface area contributed by atoms with Gasteiger partial charge in [-0.2, -0.15) is 0 Å². The maximum atomic E-state index is 12.3. The molecule has 4 aliphatic rings. The summed E-state index contributed by atoms with van der Waals surface area (Å²) in [4.78, 5) is 22.8. The number of amides is 1. The molecule has 1 atom stereocenters. The Morgan fingerprint density at radius 1 is 1.28 bits per heavy atom. The molecule has 5 rings (SSSR count). The van der Waals surface area contributed by atoms with Gasteiger partial charge >= 0.3 is 0 Å². The fourth-order valence-corrected chi connectivity index (χ4v) is 4.84. The van der Waals surface area contributed by atoms with Gasteiger partial charge in [-0.15, -0.1) is 0 Å². The number of rotatable bonds is 4. The van der Waals surface area contributed by atoms with Crippen molar-refractivity contribution in [2.24, 2.45) is 5.92 Å². The first-order valence-electron chi connectivity index (χ1n) is 9.33. The summed E-state index contributed by atoms with van der Waals surface area (Å²) in [6, 6.07) is 0. The fourth-order valence-electron chi connectivity index (χ4n) is 3.80. The zero-order valence-corrected chi connectivity index (χ0v) is 15.1. The summed E-state index contributed by atoms with van der Waals surface area (Å²) >= 11 is 1.68. The van der Waals surface area contributed by atoms with Crippen LogP contribution in [-0.2, 0) is 17.8 Å². The Bertz CT molecular complexity index is 750. The van der Waals surface area contributed by atoms with Gasteiger partial charge in [0.2, 0.25) is 5.91 Å². The lowest BCUT2D eigenvalue weighted by atomic mass is 10.1. The van der Waals surface area contributed by atoms with Crippen molar-refractivity contribution < 1.29 is 9.53 Å². The molecule has 1 aromatic rings. The van der Waals surface area contributed by atoms with Crippen molar-refractivity contribution in [3.05, 3.63) is 34.5 Å². The van der Waals surface area contributed by atoms with Gasteiger partial charge in [0.05, 0.1) is 23.7 Å². The number of nitrogens with zero attached hydrogens (tertiary/aromatic N) is 3. The van der Waals surface area contributed by atoms with E-state index in [4.69, 9.17) is 9.72 Å². The highest BCUT2D eigenvalue weighted by atomic mass is 32.1. The molecule has 2 aliphatic heterocycles. The van der Waals surface area contributed by atoms with Crippen LogP contribution in [-0.4, -0.2) is 46.4 Å². The molecule has 0 aromatic carbocycles. The van der Waals surface area contributed by atoms with E-state index in [9.17, 15) is 4.79 Å². The normalized spacial score (nSPS) is 25.3. The van der Waals surface area contributed by atoms with Gasteiger partial charge in [-0.25, -0.2) is 4.98 Å². The molecule has 3 heterocycles. The van der Waals surface area contributed by atoms with Crippen LogP contribution in [0.15, 0.2) is 23.9 Å². The smallest absolute Gasteiger partial charge is 0.274 e.